The molecule has 7 heteroatoms. The molecule has 0 saturated heterocycles. The van der Waals surface area contributed by atoms with E-state index in [1.807, 2.05) is 36.4 Å². The zero-order valence-corrected chi connectivity index (χ0v) is 17.7. The van der Waals surface area contributed by atoms with Crippen molar-refractivity contribution in [3.05, 3.63) is 59.1 Å². The van der Waals surface area contributed by atoms with Gasteiger partial charge in [0.05, 0.1) is 13.7 Å². The summed E-state index contributed by atoms with van der Waals surface area (Å²) in [7, 11) is 3.17. The van der Waals surface area contributed by atoms with Crippen LogP contribution in [0.3, 0.4) is 0 Å². The van der Waals surface area contributed by atoms with Crippen LogP contribution in [0.1, 0.15) is 25.3 Å². The molecule has 0 unspecified atom stereocenters. The van der Waals surface area contributed by atoms with E-state index >= 15 is 0 Å². The molecule has 0 aliphatic rings. The minimum Gasteiger partial charge on any atom is -0.497 e. The first kappa shape index (κ1) is 22.6. The normalized spacial score (nSPS) is 11.4. The van der Waals surface area contributed by atoms with Crippen LogP contribution in [-0.4, -0.2) is 43.5 Å². The number of halogens is 1. The lowest BCUT2D eigenvalue weighted by Gasteiger charge is -2.28. The van der Waals surface area contributed by atoms with Crippen LogP contribution in [0, 0.1) is 0 Å². The highest BCUT2D eigenvalue weighted by Gasteiger charge is 2.25. The van der Waals surface area contributed by atoms with Crippen molar-refractivity contribution in [1.82, 2.24) is 10.2 Å². The number of rotatable bonds is 10. The number of ether oxygens (including phenoxy) is 2. The fraction of sp³-hybridized carbons (Fsp3) is 0.364. The van der Waals surface area contributed by atoms with Gasteiger partial charge in [0.1, 0.15) is 17.5 Å². The summed E-state index contributed by atoms with van der Waals surface area (Å²) < 4.78 is 10.8. The van der Waals surface area contributed by atoms with Crippen LogP contribution in [0.25, 0.3) is 0 Å². The molecule has 0 heterocycles. The van der Waals surface area contributed by atoms with Gasteiger partial charge in [0.15, 0.2) is 0 Å². The Morgan fingerprint density at radius 3 is 2.45 bits per heavy atom. The predicted octanol–water partition coefficient (Wildman–Crippen LogP) is 3.67. The van der Waals surface area contributed by atoms with Crippen LogP contribution in [0.4, 0.5) is 0 Å². The average molecular weight is 419 g/mol. The molecule has 0 radical (unpaired) electrons. The molecule has 1 N–H and O–H groups in total. The molecular formula is C22H27ClN2O4. The molecule has 0 fully saturated rings. The van der Waals surface area contributed by atoms with Gasteiger partial charge in [-0.2, -0.15) is 0 Å². The molecule has 2 aromatic rings. The number of hydrogen-bond donors (Lipinski definition) is 1. The van der Waals surface area contributed by atoms with Gasteiger partial charge in [0.2, 0.25) is 11.8 Å². The van der Waals surface area contributed by atoms with Crippen molar-refractivity contribution < 1.29 is 19.1 Å². The van der Waals surface area contributed by atoms with Crippen LogP contribution in [0.2, 0.25) is 5.02 Å². The van der Waals surface area contributed by atoms with Gasteiger partial charge in [-0.3, -0.25) is 9.59 Å². The highest BCUT2D eigenvalue weighted by Crippen LogP contribution is 2.18. The Bertz CT molecular complexity index is 811. The average Bonchev–Trinajstić information content (AvgIpc) is 2.74. The molecule has 2 rings (SSSR count). The van der Waals surface area contributed by atoms with Crippen molar-refractivity contribution >= 4 is 23.4 Å². The number of methoxy groups -OCH3 is 1. The third-order valence-electron chi connectivity index (χ3n) is 4.52. The first-order valence-electron chi connectivity index (χ1n) is 9.47. The van der Waals surface area contributed by atoms with Gasteiger partial charge in [0, 0.05) is 25.0 Å². The second kappa shape index (κ2) is 11.3. The summed E-state index contributed by atoms with van der Waals surface area (Å²) >= 11 is 6.05. The van der Waals surface area contributed by atoms with Crippen molar-refractivity contribution in [2.75, 3.05) is 20.8 Å². The van der Waals surface area contributed by atoms with E-state index in [4.69, 9.17) is 21.1 Å². The summed E-state index contributed by atoms with van der Waals surface area (Å²) in [5.74, 6) is 1.15. The molecule has 2 amide bonds. The number of benzene rings is 2. The maximum absolute atomic E-state index is 12.8. The fourth-order valence-corrected chi connectivity index (χ4v) is 3.07. The standard InChI is InChI=1S/C22H27ClN2O4/c1-16(22(27)24-2)25(15-17-6-4-7-18(23)14-17)21(26)8-5-13-29-20-11-9-19(28-3)10-12-20/h4,6-7,9-12,14,16H,5,8,13,15H2,1-3H3,(H,24,27)/t16-/m0/s1. The number of likely N-dealkylation sites (N-methyl/N-ethyl adjacent to an activating group) is 1. The third-order valence-corrected chi connectivity index (χ3v) is 4.75. The second-order valence-electron chi connectivity index (χ2n) is 6.57. The number of hydrogen-bond acceptors (Lipinski definition) is 4. The quantitative estimate of drug-likeness (QED) is 0.598. The summed E-state index contributed by atoms with van der Waals surface area (Å²) in [6, 6.07) is 14.0. The van der Waals surface area contributed by atoms with E-state index in [0.29, 0.717) is 30.3 Å². The Balaban J connectivity index is 1.94. The Morgan fingerprint density at radius 1 is 1.14 bits per heavy atom. The fourth-order valence-electron chi connectivity index (χ4n) is 2.85. The number of carbonyl (C=O) groups is 2. The molecule has 0 saturated carbocycles. The highest BCUT2D eigenvalue weighted by atomic mass is 35.5. The summed E-state index contributed by atoms with van der Waals surface area (Å²) in [5.41, 5.74) is 0.871. The van der Waals surface area contributed by atoms with Crippen LogP contribution in [-0.2, 0) is 16.1 Å². The van der Waals surface area contributed by atoms with E-state index in [1.165, 1.54) is 0 Å². The largest absolute Gasteiger partial charge is 0.497 e. The molecule has 0 aliphatic carbocycles. The molecule has 0 spiro atoms. The third kappa shape index (κ3) is 6.98. The van der Waals surface area contributed by atoms with Crippen molar-refractivity contribution in [2.45, 2.75) is 32.4 Å². The van der Waals surface area contributed by atoms with E-state index in [1.54, 1.807) is 38.1 Å². The smallest absolute Gasteiger partial charge is 0.242 e. The number of amides is 2. The molecule has 29 heavy (non-hydrogen) atoms. The monoisotopic (exact) mass is 418 g/mol. The van der Waals surface area contributed by atoms with Gasteiger partial charge in [0.25, 0.3) is 0 Å². The van der Waals surface area contributed by atoms with E-state index in [2.05, 4.69) is 5.32 Å². The van der Waals surface area contributed by atoms with Gasteiger partial charge in [-0.05, 0) is 55.3 Å². The molecule has 156 valence electrons. The van der Waals surface area contributed by atoms with Gasteiger partial charge in [-0.1, -0.05) is 23.7 Å². The first-order chi connectivity index (χ1) is 13.9. The second-order valence-corrected chi connectivity index (χ2v) is 7.01. The summed E-state index contributed by atoms with van der Waals surface area (Å²) in [4.78, 5) is 26.5. The van der Waals surface area contributed by atoms with Crippen LogP contribution >= 0.6 is 11.6 Å². The Kier molecular flexibility index (Phi) is 8.80. The van der Waals surface area contributed by atoms with Crippen LogP contribution in [0.15, 0.2) is 48.5 Å². The number of carbonyl (C=O) groups excluding carboxylic acids is 2. The van der Waals surface area contributed by atoms with Gasteiger partial charge in [-0.25, -0.2) is 0 Å². The van der Waals surface area contributed by atoms with E-state index in [9.17, 15) is 9.59 Å². The van der Waals surface area contributed by atoms with E-state index in [0.717, 1.165) is 11.3 Å². The Labute approximate surface area is 176 Å². The maximum atomic E-state index is 12.8. The molecule has 0 aromatic heterocycles. The Hall–Kier alpha value is -2.73. The Morgan fingerprint density at radius 2 is 1.83 bits per heavy atom. The van der Waals surface area contributed by atoms with Crippen molar-refractivity contribution in [2.24, 2.45) is 0 Å². The number of nitrogens with zero attached hydrogens (tertiary/aromatic N) is 1. The summed E-state index contributed by atoms with van der Waals surface area (Å²) in [5, 5.41) is 3.19. The maximum Gasteiger partial charge on any atom is 0.242 e. The lowest BCUT2D eigenvalue weighted by molar-refractivity contribution is -0.140. The number of nitrogens with one attached hydrogen (secondary N) is 1. The van der Waals surface area contributed by atoms with E-state index in [-0.39, 0.29) is 18.2 Å². The zero-order chi connectivity index (χ0) is 21.2. The minimum absolute atomic E-state index is 0.112. The predicted molar refractivity (Wildman–Crippen MR) is 113 cm³/mol. The van der Waals surface area contributed by atoms with Gasteiger partial charge >= 0.3 is 0 Å². The first-order valence-corrected chi connectivity index (χ1v) is 9.84. The highest BCUT2D eigenvalue weighted by molar-refractivity contribution is 6.30. The topological polar surface area (TPSA) is 67.9 Å². The van der Waals surface area contributed by atoms with Gasteiger partial charge < -0.3 is 19.7 Å². The molecule has 0 bridgehead atoms. The summed E-state index contributed by atoms with van der Waals surface area (Å²) in [6.45, 7) is 2.43. The molecular weight excluding hydrogens is 392 g/mol. The SMILES string of the molecule is CNC(=O)[C@H](C)N(Cc1cccc(Cl)c1)C(=O)CCCOc1ccc(OC)cc1. The van der Waals surface area contributed by atoms with Crippen molar-refractivity contribution in [3.63, 3.8) is 0 Å². The van der Waals surface area contributed by atoms with Crippen LogP contribution < -0.4 is 14.8 Å². The lowest BCUT2D eigenvalue weighted by Crippen LogP contribution is -2.46. The summed E-state index contributed by atoms with van der Waals surface area (Å²) in [6.07, 6.45) is 0.815. The molecule has 1 atom stereocenters. The molecule has 0 aliphatic heterocycles. The zero-order valence-electron chi connectivity index (χ0n) is 17.0. The molecule has 6 nitrogen and oxygen atoms in total. The van der Waals surface area contributed by atoms with Crippen molar-refractivity contribution in [1.29, 1.82) is 0 Å². The van der Waals surface area contributed by atoms with E-state index < -0.39 is 6.04 Å². The molecule has 2 aromatic carbocycles. The lowest BCUT2D eigenvalue weighted by atomic mass is 10.1. The van der Waals surface area contributed by atoms with Crippen LogP contribution in [0.5, 0.6) is 11.5 Å². The van der Waals surface area contributed by atoms with Crippen molar-refractivity contribution in [3.8, 4) is 11.5 Å². The minimum atomic E-state index is -0.589. The van der Waals surface area contributed by atoms with Gasteiger partial charge in [-0.15, -0.1) is 0 Å².